The molecule has 7 aromatic carbocycles. The van der Waals surface area contributed by atoms with Crippen LogP contribution < -0.4 is 4.90 Å². The molecule has 0 fully saturated rings. The van der Waals surface area contributed by atoms with Gasteiger partial charge in [0.1, 0.15) is 5.82 Å². The standard InChI is InChI=1S/C41H29N3/c1-2-40-42-36-13-8-14-38-41(36)44(40)39-26-34(21-22-37(39)43(38)35-11-4-3-5-12-35)33-20-19-31-24-30(17-18-32(31)25-33)29-16-15-27-9-6-7-10-28(27)23-29/h3-26H,2H2,1H3. The van der Waals surface area contributed by atoms with Gasteiger partial charge in [0.05, 0.1) is 28.1 Å². The van der Waals surface area contributed by atoms with Gasteiger partial charge < -0.3 is 4.90 Å². The fourth-order valence-corrected chi connectivity index (χ4v) is 6.86. The molecule has 3 nitrogen and oxygen atoms in total. The van der Waals surface area contributed by atoms with E-state index < -0.39 is 0 Å². The average molecular weight is 564 g/mol. The fraction of sp³-hybridized carbons (Fsp3) is 0.0488. The van der Waals surface area contributed by atoms with E-state index in [9.17, 15) is 0 Å². The Morgan fingerprint density at radius 3 is 1.77 bits per heavy atom. The molecule has 0 N–H and O–H groups in total. The zero-order valence-corrected chi connectivity index (χ0v) is 24.4. The molecule has 1 aliphatic heterocycles. The minimum Gasteiger partial charge on any atom is -0.306 e. The highest BCUT2D eigenvalue weighted by molar-refractivity contribution is 6.02. The molecule has 9 rings (SSSR count). The Morgan fingerprint density at radius 2 is 1.07 bits per heavy atom. The van der Waals surface area contributed by atoms with Gasteiger partial charge in [-0.2, -0.15) is 0 Å². The van der Waals surface area contributed by atoms with Gasteiger partial charge in [-0.1, -0.05) is 97.9 Å². The second-order valence-electron chi connectivity index (χ2n) is 11.6. The lowest BCUT2D eigenvalue weighted by Crippen LogP contribution is -2.19. The largest absolute Gasteiger partial charge is 0.306 e. The number of rotatable bonds is 4. The molecule has 0 bridgehead atoms. The van der Waals surface area contributed by atoms with Gasteiger partial charge in [0, 0.05) is 12.1 Å². The molecule has 8 aromatic rings. The van der Waals surface area contributed by atoms with Gasteiger partial charge in [-0.05, 0) is 98.4 Å². The van der Waals surface area contributed by atoms with Crippen LogP contribution >= 0.6 is 0 Å². The van der Waals surface area contributed by atoms with Crippen molar-refractivity contribution in [2.45, 2.75) is 13.3 Å². The predicted octanol–water partition coefficient (Wildman–Crippen LogP) is 11.0. The third kappa shape index (κ3) is 3.79. The summed E-state index contributed by atoms with van der Waals surface area (Å²) in [7, 11) is 0. The zero-order chi connectivity index (χ0) is 29.2. The molecule has 3 heteroatoms. The van der Waals surface area contributed by atoms with E-state index >= 15 is 0 Å². The lowest BCUT2D eigenvalue weighted by Gasteiger charge is -2.33. The highest BCUT2D eigenvalue weighted by Gasteiger charge is 2.28. The summed E-state index contributed by atoms with van der Waals surface area (Å²) in [5.41, 5.74) is 11.7. The van der Waals surface area contributed by atoms with Gasteiger partial charge in [0.2, 0.25) is 0 Å². The van der Waals surface area contributed by atoms with Crippen molar-refractivity contribution in [1.29, 1.82) is 0 Å². The molecule has 0 saturated heterocycles. The van der Waals surface area contributed by atoms with Crippen molar-refractivity contribution in [2.75, 3.05) is 4.90 Å². The molecule has 208 valence electrons. The van der Waals surface area contributed by atoms with Crippen LogP contribution in [0.5, 0.6) is 0 Å². The highest BCUT2D eigenvalue weighted by atomic mass is 15.2. The van der Waals surface area contributed by atoms with E-state index in [1.54, 1.807) is 0 Å². The summed E-state index contributed by atoms with van der Waals surface area (Å²) in [6.07, 6.45) is 0.860. The van der Waals surface area contributed by atoms with Gasteiger partial charge in [-0.3, -0.25) is 4.57 Å². The summed E-state index contributed by atoms with van der Waals surface area (Å²) in [4.78, 5) is 7.43. The molecule has 44 heavy (non-hydrogen) atoms. The first-order valence-electron chi connectivity index (χ1n) is 15.3. The minimum atomic E-state index is 0.860. The number of anilines is 3. The molecule has 0 spiro atoms. The number of benzene rings is 7. The number of hydrogen-bond donors (Lipinski definition) is 0. The molecule has 1 aromatic heterocycles. The van der Waals surface area contributed by atoms with Crippen molar-refractivity contribution >= 4 is 49.6 Å². The van der Waals surface area contributed by atoms with Crippen LogP contribution in [0.4, 0.5) is 17.1 Å². The zero-order valence-electron chi connectivity index (χ0n) is 24.4. The van der Waals surface area contributed by atoms with Crippen LogP contribution in [0.3, 0.4) is 0 Å². The molecular formula is C41H29N3. The lowest BCUT2D eigenvalue weighted by molar-refractivity contribution is 0.900. The predicted molar refractivity (Wildman–Crippen MR) is 185 cm³/mol. The van der Waals surface area contributed by atoms with Gasteiger partial charge in [0.25, 0.3) is 0 Å². The number of aromatic nitrogens is 2. The van der Waals surface area contributed by atoms with E-state index in [4.69, 9.17) is 4.98 Å². The molecule has 0 unspecified atom stereocenters. The van der Waals surface area contributed by atoms with Crippen molar-refractivity contribution < 1.29 is 0 Å². The van der Waals surface area contributed by atoms with Crippen molar-refractivity contribution in [2.24, 2.45) is 0 Å². The Morgan fingerprint density at radius 1 is 0.477 bits per heavy atom. The maximum atomic E-state index is 5.06. The first kappa shape index (κ1) is 24.9. The van der Waals surface area contributed by atoms with Gasteiger partial charge in [-0.25, -0.2) is 4.98 Å². The summed E-state index contributed by atoms with van der Waals surface area (Å²) in [6.45, 7) is 2.19. The summed E-state index contributed by atoms with van der Waals surface area (Å²) in [6, 6.07) is 52.8. The van der Waals surface area contributed by atoms with Crippen LogP contribution in [0.25, 0.3) is 60.5 Å². The number of fused-ring (bicyclic) bond motifs is 4. The molecule has 0 amide bonds. The smallest absolute Gasteiger partial charge is 0.114 e. The number of nitrogens with zero attached hydrogens (tertiary/aromatic N) is 3. The molecule has 1 aliphatic rings. The Hall–Kier alpha value is -5.67. The summed E-state index contributed by atoms with van der Waals surface area (Å²) >= 11 is 0. The highest BCUT2D eigenvalue weighted by Crippen LogP contribution is 2.48. The van der Waals surface area contributed by atoms with Crippen molar-refractivity contribution in [3.05, 3.63) is 151 Å². The number of para-hydroxylation sites is 2. The molecule has 0 radical (unpaired) electrons. The second-order valence-corrected chi connectivity index (χ2v) is 11.6. The SMILES string of the molecule is CCc1nc2cccc3c2n1-c1cc(-c2ccc4cc(-c5ccc6ccccc6c5)ccc4c2)ccc1N3c1ccccc1. The van der Waals surface area contributed by atoms with Crippen molar-refractivity contribution in [3.63, 3.8) is 0 Å². The maximum Gasteiger partial charge on any atom is 0.114 e. The van der Waals surface area contributed by atoms with Crippen molar-refractivity contribution in [1.82, 2.24) is 9.55 Å². The Kier molecular flexibility index (Phi) is 5.48. The summed E-state index contributed by atoms with van der Waals surface area (Å²) in [5, 5.41) is 5.01. The van der Waals surface area contributed by atoms with Crippen LogP contribution in [0.15, 0.2) is 146 Å². The summed E-state index contributed by atoms with van der Waals surface area (Å²) < 4.78 is 2.37. The number of aryl methyl sites for hydroxylation is 1. The van der Waals surface area contributed by atoms with E-state index in [0.29, 0.717) is 0 Å². The first-order valence-corrected chi connectivity index (χ1v) is 15.3. The number of imidazole rings is 1. The third-order valence-electron chi connectivity index (χ3n) is 9.01. The van der Waals surface area contributed by atoms with Gasteiger partial charge >= 0.3 is 0 Å². The monoisotopic (exact) mass is 563 g/mol. The van der Waals surface area contributed by atoms with Gasteiger partial charge in [-0.15, -0.1) is 0 Å². The van der Waals surface area contributed by atoms with Crippen molar-refractivity contribution in [3.8, 4) is 27.9 Å². The second kappa shape index (κ2) is 9.68. The van der Waals surface area contributed by atoms with Crippen LogP contribution in [-0.2, 0) is 6.42 Å². The average Bonchev–Trinajstić information content (AvgIpc) is 3.48. The van der Waals surface area contributed by atoms with E-state index in [1.165, 1.54) is 43.8 Å². The normalized spacial score (nSPS) is 12.2. The Labute approximate surface area is 256 Å². The van der Waals surface area contributed by atoms with E-state index in [-0.39, 0.29) is 0 Å². The maximum absolute atomic E-state index is 5.06. The molecule has 0 aliphatic carbocycles. The van der Waals surface area contributed by atoms with Crippen LogP contribution in [0.1, 0.15) is 12.7 Å². The third-order valence-corrected chi connectivity index (χ3v) is 9.01. The van der Waals surface area contributed by atoms with E-state index in [2.05, 4.69) is 162 Å². The molecule has 2 heterocycles. The van der Waals surface area contributed by atoms with Crippen LogP contribution in [0.2, 0.25) is 0 Å². The minimum absolute atomic E-state index is 0.860. The van der Waals surface area contributed by atoms with Crippen LogP contribution in [0, 0.1) is 0 Å². The lowest BCUT2D eigenvalue weighted by atomic mass is 9.96. The number of hydrogen-bond acceptors (Lipinski definition) is 2. The molecule has 0 atom stereocenters. The van der Waals surface area contributed by atoms with E-state index in [1.807, 2.05) is 0 Å². The Balaban J connectivity index is 1.17. The summed E-state index contributed by atoms with van der Waals surface area (Å²) in [5.74, 6) is 1.08. The van der Waals surface area contributed by atoms with Crippen LogP contribution in [-0.4, -0.2) is 9.55 Å². The Bertz CT molecular complexity index is 2380. The van der Waals surface area contributed by atoms with Gasteiger partial charge in [0.15, 0.2) is 0 Å². The quantitative estimate of drug-likeness (QED) is 0.212. The van der Waals surface area contributed by atoms with E-state index in [0.717, 1.165) is 46.0 Å². The molecular weight excluding hydrogens is 534 g/mol. The first-order chi connectivity index (χ1) is 21.7. The molecule has 0 saturated carbocycles. The topological polar surface area (TPSA) is 21.1 Å². The fourth-order valence-electron chi connectivity index (χ4n) is 6.86.